The Morgan fingerprint density at radius 3 is 2.36 bits per heavy atom. The quantitative estimate of drug-likeness (QED) is 0.932. The molecule has 0 unspecified atom stereocenters. The van der Waals surface area contributed by atoms with Gasteiger partial charge < -0.3 is 5.11 Å². The first-order valence-electron chi connectivity index (χ1n) is 8.02. The number of fused-ring (bicyclic) bond motifs is 1. The van der Waals surface area contributed by atoms with Gasteiger partial charge in [-0.2, -0.15) is 0 Å². The van der Waals surface area contributed by atoms with Crippen molar-refractivity contribution in [3.63, 3.8) is 0 Å². The number of hydrogen-bond acceptors (Lipinski definition) is 2. The molecule has 0 aromatic heterocycles. The Bertz CT molecular complexity index is 644. The molecule has 0 fully saturated rings. The highest BCUT2D eigenvalue weighted by atomic mass is 16.3. The zero-order valence-corrected chi connectivity index (χ0v) is 13.7. The molecule has 2 heteroatoms. The summed E-state index contributed by atoms with van der Waals surface area (Å²) in [7, 11) is 0. The molecule has 0 amide bonds. The van der Waals surface area contributed by atoms with Crippen molar-refractivity contribution in [3.05, 3.63) is 71.3 Å². The van der Waals surface area contributed by atoms with E-state index in [0.717, 1.165) is 19.5 Å². The molecule has 22 heavy (non-hydrogen) atoms. The third kappa shape index (κ3) is 2.47. The minimum atomic E-state index is -0.821. The number of aliphatic hydroxyl groups is 1. The Balaban J connectivity index is 2.04. The topological polar surface area (TPSA) is 23.5 Å². The Morgan fingerprint density at radius 2 is 1.68 bits per heavy atom. The van der Waals surface area contributed by atoms with Crippen molar-refractivity contribution in [2.75, 3.05) is 6.54 Å². The summed E-state index contributed by atoms with van der Waals surface area (Å²) < 4.78 is 0. The predicted molar refractivity (Wildman–Crippen MR) is 90.6 cm³/mol. The predicted octanol–water partition coefficient (Wildman–Crippen LogP) is 3.73. The third-order valence-electron chi connectivity index (χ3n) is 5.23. The molecule has 1 N–H and O–H groups in total. The van der Waals surface area contributed by atoms with E-state index in [0.29, 0.717) is 0 Å². The summed E-state index contributed by atoms with van der Waals surface area (Å²) >= 11 is 0. The van der Waals surface area contributed by atoms with Gasteiger partial charge in [0, 0.05) is 13.1 Å². The van der Waals surface area contributed by atoms with Crippen LogP contribution in [-0.4, -0.2) is 22.2 Å². The van der Waals surface area contributed by atoms with Crippen LogP contribution in [0.5, 0.6) is 0 Å². The smallest absolute Gasteiger partial charge is 0.0813 e. The van der Waals surface area contributed by atoms with Crippen molar-refractivity contribution in [2.45, 2.75) is 44.9 Å². The first kappa shape index (κ1) is 15.3. The Labute approximate surface area is 133 Å². The van der Waals surface area contributed by atoms with Gasteiger partial charge in [0.15, 0.2) is 0 Å². The first-order chi connectivity index (χ1) is 10.4. The van der Waals surface area contributed by atoms with Crippen molar-refractivity contribution in [3.8, 4) is 0 Å². The molecule has 0 saturated heterocycles. The van der Waals surface area contributed by atoms with Crippen molar-refractivity contribution in [2.24, 2.45) is 0 Å². The summed E-state index contributed by atoms with van der Waals surface area (Å²) in [5, 5.41) is 11.0. The second-order valence-corrected chi connectivity index (χ2v) is 6.95. The molecule has 0 saturated carbocycles. The van der Waals surface area contributed by atoms with Crippen molar-refractivity contribution in [1.82, 2.24) is 4.90 Å². The first-order valence-corrected chi connectivity index (χ1v) is 8.02. The zero-order chi connectivity index (χ0) is 15.8. The van der Waals surface area contributed by atoms with E-state index < -0.39 is 11.1 Å². The molecular formula is C20H25NO. The molecule has 2 nitrogen and oxygen atoms in total. The molecule has 2 aromatic carbocycles. The second-order valence-electron chi connectivity index (χ2n) is 6.95. The summed E-state index contributed by atoms with van der Waals surface area (Å²) in [6.45, 7) is 7.84. The fourth-order valence-electron chi connectivity index (χ4n) is 3.62. The van der Waals surface area contributed by atoms with Crippen LogP contribution in [-0.2, 0) is 18.5 Å². The third-order valence-corrected chi connectivity index (χ3v) is 5.23. The van der Waals surface area contributed by atoms with E-state index in [1.807, 2.05) is 19.9 Å². The lowest BCUT2D eigenvalue weighted by atomic mass is 9.72. The normalized spacial score (nSPS) is 22.4. The standard InChI is InChI=1S/C20H25NO/c1-19(2,22)20(3)18-12-8-7-11-17(18)13-14-21(20)15-16-9-5-4-6-10-16/h4-12,22H,13-15H2,1-3H3/t20-/m0/s1. The summed E-state index contributed by atoms with van der Waals surface area (Å²) in [6.07, 6.45) is 1.04. The molecule has 3 rings (SSSR count). The second kappa shape index (κ2) is 5.53. The van der Waals surface area contributed by atoms with Gasteiger partial charge in [-0.1, -0.05) is 54.6 Å². The van der Waals surface area contributed by atoms with Crippen LogP contribution in [0.3, 0.4) is 0 Å². The van der Waals surface area contributed by atoms with Gasteiger partial charge in [-0.15, -0.1) is 0 Å². The molecule has 0 spiro atoms. The molecular weight excluding hydrogens is 270 g/mol. The summed E-state index contributed by atoms with van der Waals surface area (Å²) in [6, 6.07) is 19.1. The maximum atomic E-state index is 11.0. The van der Waals surface area contributed by atoms with Crippen molar-refractivity contribution in [1.29, 1.82) is 0 Å². The summed E-state index contributed by atoms with van der Waals surface area (Å²) in [5.74, 6) is 0. The highest BCUT2D eigenvalue weighted by Crippen LogP contribution is 2.43. The molecule has 2 aromatic rings. The monoisotopic (exact) mass is 295 g/mol. The lowest BCUT2D eigenvalue weighted by molar-refractivity contribution is -0.0967. The van der Waals surface area contributed by atoms with E-state index in [4.69, 9.17) is 0 Å². The maximum Gasteiger partial charge on any atom is 0.0813 e. The van der Waals surface area contributed by atoms with E-state index >= 15 is 0 Å². The number of benzene rings is 2. The van der Waals surface area contributed by atoms with Gasteiger partial charge >= 0.3 is 0 Å². The number of hydrogen-bond donors (Lipinski definition) is 1. The van der Waals surface area contributed by atoms with Crippen LogP contribution in [0.4, 0.5) is 0 Å². The number of rotatable bonds is 3. The SMILES string of the molecule is CC(C)(O)[C@]1(C)c2ccccc2CCN1Cc1ccccc1. The lowest BCUT2D eigenvalue weighted by Crippen LogP contribution is -2.59. The molecule has 0 bridgehead atoms. The molecule has 0 radical (unpaired) electrons. The molecule has 116 valence electrons. The van der Waals surface area contributed by atoms with Gasteiger partial charge in [-0.05, 0) is 43.9 Å². The Kier molecular flexibility index (Phi) is 3.84. The van der Waals surface area contributed by atoms with Crippen molar-refractivity contribution >= 4 is 0 Å². The van der Waals surface area contributed by atoms with E-state index in [9.17, 15) is 5.11 Å². The average Bonchev–Trinajstić information content (AvgIpc) is 2.50. The van der Waals surface area contributed by atoms with E-state index in [2.05, 4.69) is 60.4 Å². The summed E-state index contributed by atoms with van der Waals surface area (Å²) in [5.41, 5.74) is 2.69. The summed E-state index contributed by atoms with van der Waals surface area (Å²) in [4.78, 5) is 2.42. The van der Waals surface area contributed by atoms with Crippen LogP contribution in [0.1, 0.15) is 37.5 Å². The minimum Gasteiger partial charge on any atom is -0.388 e. The fourth-order valence-corrected chi connectivity index (χ4v) is 3.62. The molecule has 1 atom stereocenters. The Hall–Kier alpha value is -1.64. The lowest BCUT2D eigenvalue weighted by Gasteiger charge is -2.52. The van der Waals surface area contributed by atoms with Crippen LogP contribution < -0.4 is 0 Å². The van der Waals surface area contributed by atoms with Crippen molar-refractivity contribution < 1.29 is 5.11 Å². The molecule has 0 aliphatic carbocycles. The van der Waals surface area contributed by atoms with Gasteiger partial charge in [-0.25, -0.2) is 0 Å². The molecule has 1 heterocycles. The van der Waals surface area contributed by atoms with Crippen LogP contribution >= 0.6 is 0 Å². The highest BCUT2D eigenvalue weighted by Gasteiger charge is 2.48. The van der Waals surface area contributed by atoms with E-state index in [-0.39, 0.29) is 0 Å². The Morgan fingerprint density at radius 1 is 1.05 bits per heavy atom. The zero-order valence-electron chi connectivity index (χ0n) is 13.7. The van der Waals surface area contributed by atoms with E-state index in [1.54, 1.807) is 0 Å². The van der Waals surface area contributed by atoms with Crippen LogP contribution in [0.2, 0.25) is 0 Å². The van der Waals surface area contributed by atoms with Gasteiger partial charge in [-0.3, -0.25) is 4.90 Å². The van der Waals surface area contributed by atoms with Gasteiger partial charge in [0.05, 0.1) is 11.1 Å². The maximum absolute atomic E-state index is 11.0. The largest absolute Gasteiger partial charge is 0.388 e. The van der Waals surface area contributed by atoms with Gasteiger partial charge in [0.1, 0.15) is 0 Å². The average molecular weight is 295 g/mol. The molecule has 1 aliphatic rings. The van der Waals surface area contributed by atoms with Crippen LogP contribution in [0.15, 0.2) is 54.6 Å². The fraction of sp³-hybridized carbons (Fsp3) is 0.400. The molecule has 1 aliphatic heterocycles. The van der Waals surface area contributed by atoms with Crippen LogP contribution in [0, 0.1) is 0 Å². The van der Waals surface area contributed by atoms with Crippen LogP contribution in [0.25, 0.3) is 0 Å². The number of nitrogens with zero attached hydrogens (tertiary/aromatic N) is 1. The van der Waals surface area contributed by atoms with Gasteiger partial charge in [0.2, 0.25) is 0 Å². The minimum absolute atomic E-state index is 0.391. The van der Waals surface area contributed by atoms with E-state index in [1.165, 1.54) is 16.7 Å². The van der Waals surface area contributed by atoms with Gasteiger partial charge in [0.25, 0.3) is 0 Å². The highest BCUT2D eigenvalue weighted by molar-refractivity contribution is 5.38.